The fourth-order valence-electron chi connectivity index (χ4n) is 1.73. The second-order valence-electron chi connectivity index (χ2n) is 4.52. The molecule has 5 heteroatoms. The molecule has 106 valence electrons. The van der Waals surface area contributed by atoms with Gasteiger partial charge in [-0.15, -0.1) is 0 Å². The third-order valence-electron chi connectivity index (χ3n) is 3.04. The summed E-state index contributed by atoms with van der Waals surface area (Å²) in [6.07, 6.45) is 1.69. The van der Waals surface area contributed by atoms with Crippen LogP contribution in [0.15, 0.2) is 12.1 Å². The van der Waals surface area contributed by atoms with E-state index in [2.05, 4.69) is 10.6 Å². The van der Waals surface area contributed by atoms with Crippen LogP contribution < -0.4 is 10.6 Å². The first-order chi connectivity index (χ1) is 8.97. The smallest absolute Gasteiger partial charge is 0.239 e. The number of halogens is 2. The maximum absolute atomic E-state index is 13.5. The van der Waals surface area contributed by atoms with E-state index in [-0.39, 0.29) is 29.7 Å². The molecule has 1 amide bonds. The van der Waals surface area contributed by atoms with Gasteiger partial charge in [-0.1, -0.05) is 13.8 Å². The Kier molecular flexibility index (Phi) is 5.73. The molecule has 0 aromatic heterocycles. The summed E-state index contributed by atoms with van der Waals surface area (Å²) in [6, 6.07) is 2.29. The number of hydrogen-bond donors (Lipinski definition) is 2. The van der Waals surface area contributed by atoms with E-state index in [0.29, 0.717) is 0 Å². The van der Waals surface area contributed by atoms with Crippen LogP contribution in [0.1, 0.15) is 32.3 Å². The van der Waals surface area contributed by atoms with Crippen LogP contribution in [0.25, 0.3) is 0 Å². The summed E-state index contributed by atoms with van der Waals surface area (Å²) in [5.41, 5.74) is 0.243. The molecule has 0 heterocycles. The zero-order valence-electron chi connectivity index (χ0n) is 11.5. The van der Waals surface area contributed by atoms with E-state index >= 15 is 0 Å². The van der Waals surface area contributed by atoms with Crippen molar-refractivity contribution >= 4 is 11.6 Å². The van der Waals surface area contributed by atoms with Gasteiger partial charge in [-0.2, -0.15) is 0 Å². The lowest BCUT2D eigenvalue weighted by Gasteiger charge is -2.15. The SMILES string of the molecule is CCC(CC)NC(=O)CNc1cc(F)c(C)cc1F. The summed E-state index contributed by atoms with van der Waals surface area (Å²) < 4.78 is 26.8. The monoisotopic (exact) mass is 270 g/mol. The maximum Gasteiger partial charge on any atom is 0.239 e. The summed E-state index contributed by atoms with van der Waals surface area (Å²) in [7, 11) is 0. The van der Waals surface area contributed by atoms with E-state index in [9.17, 15) is 13.6 Å². The maximum atomic E-state index is 13.5. The molecule has 1 rings (SSSR count). The molecule has 0 atom stereocenters. The van der Waals surface area contributed by atoms with Crippen molar-refractivity contribution in [1.29, 1.82) is 0 Å². The molecule has 2 N–H and O–H groups in total. The Morgan fingerprint density at radius 1 is 1.21 bits per heavy atom. The number of anilines is 1. The van der Waals surface area contributed by atoms with Crippen LogP contribution in [0.5, 0.6) is 0 Å². The minimum atomic E-state index is -0.561. The number of nitrogens with one attached hydrogen (secondary N) is 2. The van der Waals surface area contributed by atoms with Crippen molar-refractivity contribution in [3.63, 3.8) is 0 Å². The minimum absolute atomic E-state index is 0.00259. The molecule has 0 saturated heterocycles. The largest absolute Gasteiger partial charge is 0.374 e. The van der Waals surface area contributed by atoms with Crippen LogP contribution in [0, 0.1) is 18.6 Å². The van der Waals surface area contributed by atoms with Gasteiger partial charge in [0.15, 0.2) is 0 Å². The second-order valence-corrected chi connectivity index (χ2v) is 4.52. The average Bonchev–Trinajstić information content (AvgIpc) is 2.38. The van der Waals surface area contributed by atoms with Crippen LogP contribution >= 0.6 is 0 Å². The molecule has 19 heavy (non-hydrogen) atoms. The van der Waals surface area contributed by atoms with Crippen LogP contribution in [-0.4, -0.2) is 18.5 Å². The van der Waals surface area contributed by atoms with Crippen molar-refractivity contribution in [2.24, 2.45) is 0 Å². The normalized spacial score (nSPS) is 10.6. The van der Waals surface area contributed by atoms with Gasteiger partial charge in [0.25, 0.3) is 0 Å². The molecule has 0 radical (unpaired) electrons. The number of carbonyl (C=O) groups excluding carboxylic acids is 1. The van der Waals surface area contributed by atoms with E-state index in [1.54, 1.807) is 0 Å². The molecule has 1 aromatic rings. The Morgan fingerprint density at radius 2 is 1.84 bits per heavy atom. The Balaban J connectivity index is 2.57. The lowest BCUT2D eigenvalue weighted by Crippen LogP contribution is -2.37. The average molecular weight is 270 g/mol. The van der Waals surface area contributed by atoms with Crippen molar-refractivity contribution in [2.45, 2.75) is 39.7 Å². The molecular weight excluding hydrogens is 250 g/mol. The first-order valence-electron chi connectivity index (χ1n) is 6.46. The first kappa shape index (κ1) is 15.4. The van der Waals surface area contributed by atoms with Crippen molar-refractivity contribution in [2.75, 3.05) is 11.9 Å². The van der Waals surface area contributed by atoms with Crippen molar-refractivity contribution in [1.82, 2.24) is 5.32 Å². The lowest BCUT2D eigenvalue weighted by molar-refractivity contribution is -0.120. The van der Waals surface area contributed by atoms with E-state index in [1.165, 1.54) is 6.92 Å². The fourth-order valence-corrected chi connectivity index (χ4v) is 1.73. The number of hydrogen-bond acceptors (Lipinski definition) is 2. The van der Waals surface area contributed by atoms with Crippen LogP contribution in [-0.2, 0) is 4.79 Å². The summed E-state index contributed by atoms with van der Waals surface area (Å²) >= 11 is 0. The van der Waals surface area contributed by atoms with Crippen molar-refractivity contribution < 1.29 is 13.6 Å². The molecule has 0 bridgehead atoms. The zero-order chi connectivity index (χ0) is 14.4. The van der Waals surface area contributed by atoms with Gasteiger partial charge in [0, 0.05) is 12.1 Å². The van der Waals surface area contributed by atoms with Gasteiger partial charge in [0.1, 0.15) is 11.6 Å². The molecule has 0 spiro atoms. The predicted octanol–water partition coefficient (Wildman–Crippen LogP) is 2.99. The topological polar surface area (TPSA) is 41.1 Å². The number of benzene rings is 1. The lowest BCUT2D eigenvalue weighted by atomic mass is 10.2. The summed E-state index contributed by atoms with van der Waals surface area (Å²) in [5, 5.41) is 5.42. The Morgan fingerprint density at radius 3 is 2.42 bits per heavy atom. The van der Waals surface area contributed by atoms with Gasteiger partial charge < -0.3 is 10.6 Å². The van der Waals surface area contributed by atoms with E-state index in [1.807, 2.05) is 13.8 Å². The highest BCUT2D eigenvalue weighted by Crippen LogP contribution is 2.18. The third kappa shape index (κ3) is 4.50. The molecule has 3 nitrogen and oxygen atoms in total. The van der Waals surface area contributed by atoms with Crippen molar-refractivity contribution in [3.8, 4) is 0 Å². The number of amides is 1. The zero-order valence-corrected chi connectivity index (χ0v) is 11.5. The highest BCUT2D eigenvalue weighted by molar-refractivity contribution is 5.81. The molecule has 0 fully saturated rings. The van der Waals surface area contributed by atoms with Crippen LogP contribution in [0.2, 0.25) is 0 Å². The molecule has 0 aliphatic heterocycles. The van der Waals surface area contributed by atoms with Gasteiger partial charge in [-0.05, 0) is 31.4 Å². The van der Waals surface area contributed by atoms with Gasteiger partial charge in [0.05, 0.1) is 12.2 Å². The second kappa shape index (κ2) is 7.07. The van der Waals surface area contributed by atoms with Gasteiger partial charge in [-0.3, -0.25) is 4.79 Å². The van der Waals surface area contributed by atoms with Crippen LogP contribution in [0.3, 0.4) is 0 Å². The highest BCUT2D eigenvalue weighted by atomic mass is 19.1. The number of carbonyl (C=O) groups is 1. The van der Waals surface area contributed by atoms with E-state index < -0.39 is 11.6 Å². The van der Waals surface area contributed by atoms with Crippen molar-refractivity contribution in [3.05, 3.63) is 29.3 Å². The van der Waals surface area contributed by atoms with Gasteiger partial charge >= 0.3 is 0 Å². The molecule has 0 saturated carbocycles. The Hall–Kier alpha value is -1.65. The van der Waals surface area contributed by atoms with Gasteiger partial charge in [-0.25, -0.2) is 8.78 Å². The van der Waals surface area contributed by atoms with E-state index in [0.717, 1.165) is 25.0 Å². The molecule has 0 aliphatic carbocycles. The molecular formula is C14H20F2N2O. The Labute approximate surface area is 112 Å². The fraction of sp³-hybridized carbons (Fsp3) is 0.500. The number of rotatable bonds is 6. The first-order valence-corrected chi connectivity index (χ1v) is 6.46. The van der Waals surface area contributed by atoms with E-state index in [4.69, 9.17) is 0 Å². The summed E-state index contributed by atoms with van der Waals surface area (Å²) in [6.45, 7) is 5.38. The third-order valence-corrected chi connectivity index (χ3v) is 3.04. The molecule has 0 unspecified atom stereocenters. The van der Waals surface area contributed by atoms with Crippen LogP contribution in [0.4, 0.5) is 14.5 Å². The highest BCUT2D eigenvalue weighted by Gasteiger charge is 2.10. The number of aryl methyl sites for hydroxylation is 1. The standard InChI is InChI=1S/C14H20F2N2O/c1-4-10(5-2)18-14(19)8-17-13-7-11(15)9(3)6-12(13)16/h6-7,10,17H,4-5,8H2,1-3H3,(H,18,19). The van der Waals surface area contributed by atoms with Gasteiger partial charge in [0.2, 0.25) is 5.91 Å². The molecule has 0 aliphatic rings. The summed E-state index contributed by atoms with van der Waals surface area (Å²) in [4.78, 5) is 11.6. The Bertz CT molecular complexity index is 445. The molecule has 1 aromatic carbocycles. The summed E-state index contributed by atoms with van der Waals surface area (Å²) in [5.74, 6) is -1.28. The predicted molar refractivity (Wildman–Crippen MR) is 72.1 cm³/mol. The quantitative estimate of drug-likeness (QED) is 0.834. The minimum Gasteiger partial charge on any atom is -0.374 e.